The first kappa shape index (κ1) is 17.7. The van der Waals surface area contributed by atoms with E-state index in [-0.39, 0.29) is 6.79 Å². The van der Waals surface area contributed by atoms with Crippen LogP contribution in [0.4, 0.5) is 0 Å². The number of nitrogens with one attached hydrogen (secondary N) is 1. The molecule has 0 radical (unpaired) electrons. The number of benzene rings is 1. The Morgan fingerprint density at radius 2 is 2.00 bits per heavy atom. The quantitative estimate of drug-likeness (QED) is 0.642. The van der Waals surface area contributed by atoms with Crippen molar-refractivity contribution in [1.29, 1.82) is 0 Å². The van der Waals surface area contributed by atoms with Gasteiger partial charge in [0, 0.05) is 43.7 Å². The summed E-state index contributed by atoms with van der Waals surface area (Å²) in [5.74, 6) is 1.44. The summed E-state index contributed by atoms with van der Waals surface area (Å²) >= 11 is 5.49. The highest BCUT2D eigenvalue weighted by Crippen LogP contribution is 2.36. The van der Waals surface area contributed by atoms with Crippen LogP contribution in [0.3, 0.4) is 0 Å². The third kappa shape index (κ3) is 3.33. The maximum Gasteiger partial charge on any atom is 0.231 e. The molecule has 2 aromatic heterocycles. The SMILES string of the molecule is CNC(=S)N(CCN(C)C)Cc1cc2cc3c(cc2n2nnnc12)OCO3. The Morgan fingerprint density at radius 1 is 1.22 bits per heavy atom. The zero-order valence-electron chi connectivity index (χ0n) is 15.5. The molecule has 1 aromatic carbocycles. The molecule has 142 valence electrons. The summed E-state index contributed by atoms with van der Waals surface area (Å²) in [6.45, 7) is 2.50. The first-order valence-corrected chi connectivity index (χ1v) is 9.02. The van der Waals surface area contributed by atoms with Gasteiger partial charge in [-0.3, -0.25) is 0 Å². The first-order valence-electron chi connectivity index (χ1n) is 8.61. The molecule has 0 amide bonds. The van der Waals surface area contributed by atoms with Crippen LogP contribution in [0.25, 0.3) is 16.6 Å². The van der Waals surface area contributed by atoms with Gasteiger partial charge in [-0.15, -0.1) is 5.10 Å². The van der Waals surface area contributed by atoms with E-state index in [9.17, 15) is 0 Å². The normalized spacial score (nSPS) is 12.9. The van der Waals surface area contributed by atoms with Gasteiger partial charge in [0.15, 0.2) is 22.3 Å². The summed E-state index contributed by atoms with van der Waals surface area (Å²) in [4.78, 5) is 4.23. The van der Waals surface area contributed by atoms with Crippen LogP contribution < -0.4 is 14.8 Å². The Kier molecular flexibility index (Phi) is 4.66. The summed E-state index contributed by atoms with van der Waals surface area (Å²) < 4.78 is 12.7. The fourth-order valence-electron chi connectivity index (χ4n) is 3.10. The Bertz CT molecular complexity index is 1000. The predicted octanol–water partition coefficient (Wildman–Crippen LogP) is 0.874. The Balaban J connectivity index is 1.76. The Morgan fingerprint density at radius 3 is 2.74 bits per heavy atom. The highest BCUT2D eigenvalue weighted by atomic mass is 32.1. The molecular formula is C17H21N7O2S. The van der Waals surface area contributed by atoms with Crippen LogP contribution in [0.2, 0.25) is 0 Å². The summed E-state index contributed by atoms with van der Waals surface area (Å²) in [6.07, 6.45) is 0. The molecule has 4 rings (SSSR count). The lowest BCUT2D eigenvalue weighted by atomic mass is 10.1. The number of hydrogen-bond acceptors (Lipinski definition) is 7. The van der Waals surface area contributed by atoms with Gasteiger partial charge in [-0.2, -0.15) is 4.52 Å². The maximum absolute atomic E-state index is 5.51. The van der Waals surface area contributed by atoms with E-state index in [0.29, 0.717) is 23.1 Å². The van der Waals surface area contributed by atoms with E-state index in [4.69, 9.17) is 21.7 Å². The molecule has 3 heterocycles. The minimum atomic E-state index is 0.228. The highest BCUT2D eigenvalue weighted by Gasteiger charge is 2.19. The fraction of sp³-hybridized carbons (Fsp3) is 0.412. The fourth-order valence-corrected chi connectivity index (χ4v) is 3.26. The molecule has 27 heavy (non-hydrogen) atoms. The standard InChI is InChI=1S/C17H21N7O2S/c1-18-17(27)23(5-4-22(2)3)9-12-6-11-7-14-15(26-10-25-14)8-13(11)24-16(12)19-20-21-24/h6-8H,4-5,9-10H2,1-3H3,(H,18,27). The molecule has 0 atom stereocenters. The topological polar surface area (TPSA) is 80.1 Å². The highest BCUT2D eigenvalue weighted by molar-refractivity contribution is 7.80. The number of ether oxygens (including phenoxy) is 2. The van der Waals surface area contributed by atoms with E-state index in [0.717, 1.165) is 35.3 Å². The van der Waals surface area contributed by atoms with Crippen LogP contribution in [0, 0.1) is 0 Å². The number of tetrazole rings is 1. The van der Waals surface area contributed by atoms with Crippen molar-refractivity contribution in [2.45, 2.75) is 6.54 Å². The zero-order valence-corrected chi connectivity index (χ0v) is 16.3. The van der Waals surface area contributed by atoms with Crippen LogP contribution in [0.5, 0.6) is 11.5 Å². The minimum Gasteiger partial charge on any atom is -0.454 e. The van der Waals surface area contributed by atoms with Crippen molar-refractivity contribution in [1.82, 2.24) is 35.2 Å². The van der Waals surface area contributed by atoms with Crippen molar-refractivity contribution >= 4 is 33.9 Å². The smallest absolute Gasteiger partial charge is 0.231 e. The van der Waals surface area contributed by atoms with Gasteiger partial charge in [0.05, 0.1) is 5.52 Å². The number of rotatable bonds is 5. The molecule has 1 aliphatic heterocycles. The van der Waals surface area contributed by atoms with Crippen molar-refractivity contribution in [3.05, 3.63) is 23.8 Å². The molecule has 10 heteroatoms. The molecule has 0 fully saturated rings. The second-order valence-corrected chi connectivity index (χ2v) is 7.01. The molecule has 0 aliphatic carbocycles. The largest absolute Gasteiger partial charge is 0.454 e. The number of hydrogen-bond donors (Lipinski definition) is 1. The van der Waals surface area contributed by atoms with Gasteiger partial charge in [-0.1, -0.05) is 0 Å². The van der Waals surface area contributed by atoms with E-state index >= 15 is 0 Å². The number of nitrogens with zero attached hydrogens (tertiary/aromatic N) is 6. The first-order chi connectivity index (χ1) is 13.1. The van der Waals surface area contributed by atoms with E-state index in [1.807, 2.05) is 33.3 Å². The average molecular weight is 387 g/mol. The molecule has 1 N–H and O–H groups in total. The maximum atomic E-state index is 5.51. The minimum absolute atomic E-state index is 0.228. The van der Waals surface area contributed by atoms with Gasteiger partial charge in [-0.05, 0) is 48.9 Å². The number of pyridine rings is 1. The average Bonchev–Trinajstić information content (AvgIpc) is 3.31. The van der Waals surface area contributed by atoms with Crippen molar-refractivity contribution in [3.8, 4) is 11.5 Å². The molecule has 3 aromatic rings. The lowest BCUT2D eigenvalue weighted by molar-refractivity contribution is 0.174. The van der Waals surface area contributed by atoms with Crippen molar-refractivity contribution in [2.75, 3.05) is 41.0 Å². The molecule has 0 saturated carbocycles. The summed E-state index contributed by atoms with van der Waals surface area (Å²) in [5, 5.41) is 17.0. The molecule has 0 unspecified atom stereocenters. The molecule has 0 saturated heterocycles. The lowest BCUT2D eigenvalue weighted by Gasteiger charge is -2.26. The van der Waals surface area contributed by atoms with Gasteiger partial charge in [0.1, 0.15) is 0 Å². The van der Waals surface area contributed by atoms with Gasteiger partial charge in [-0.25, -0.2) is 0 Å². The number of fused-ring (bicyclic) bond motifs is 4. The number of likely N-dealkylation sites (N-methyl/N-ethyl adjacent to an activating group) is 1. The van der Waals surface area contributed by atoms with Gasteiger partial charge in [0.2, 0.25) is 6.79 Å². The second-order valence-electron chi connectivity index (χ2n) is 6.63. The van der Waals surface area contributed by atoms with Crippen molar-refractivity contribution < 1.29 is 9.47 Å². The van der Waals surface area contributed by atoms with Crippen molar-refractivity contribution in [3.63, 3.8) is 0 Å². The lowest BCUT2D eigenvalue weighted by Crippen LogP contribution is -2.41. The second kappa shape index (κ2) is 7.12. The Hall–Kier alpha value is -2.72. The van der Waals surface area contributed by atoms with E-state index in [2.05, 4.69) is 36.7 Å². The van der Waals surface area contributed by atoms with E-state index in [1.54, 1.807) is 4.52 Å². The van der Waals surface area contributed by atoms with E-state index < -0.39 is 0 Å². The number of aromatic nitrogens is 4. The summed E-state index contributed by atoms with van der Waals surface area (Å²) in [5.41, 5.74) is 2.57. The summed E-state index contributed by atoms with van der Waals surface area (Å²) in [7, 11) is 5.92. The molecule has 9 nitrogen and oxygen atoms in total. The molecule has 1 aliphatic rings. The molecular weight excluding hydrogens is 366 g/mol. The zero-order chi connectivity index (χ0) is 19.0. The van der Waals surface area contributed by atoms with Gasteiger partial charge < -0.3 is 24.6 Å². The van der Waals surface area contributed by atoms with Crippen LogP contribution in [-0.2, 0) is 6.54 Å². The van der Waals surface area contributed by atoms with Crippen LogP contribution in [-0.4, -0.2) is 76.0 Å². The third-order valence-electron chi connectivity index (χ3n) is 4.52. The molecule has 0 bridgehead atoms. The third-order valence-corrected chi connectivity index (χ3v) is 4.98. The van der Waals surface area contributed by atoms with Gasteiger partial charge in [0.25, 0.3) is 0 Å². The summed E-state index contributed by atoms with van der Waals surface area (Å²) in [6, 6.07) is 5.96. The molecule has 0 spiro atoms. The predicted molar refractivity (Wildman–Crippen MR) is 105 cm³/mol. The van der Waals surface area contributed by atoms with Gasteiger partial charge >= 0.3 is 0 Å². The van der Waals surface area contributed by atoms with Crippen LogP contribution >= 0.6 is 12.2 Å². The van der Waals surface area contributed by atoms with Crippen LogP contribution in [0.15, 0.2) is 18.2 Å². The van der Waals surface area contributed by atoms with Crippen molar-refractivity contribution in [2.24, 2.45) is 0 Å². The monoisotopic (exact) mass is 387 g/mol. The Labute approximate surface area is 161 Å². The van der Waals surface area contributed by atoms with Crippen LogP contribution in [0.1, 0.15) is 5.56 Å². The van der Waals surface area contributed by atoms with E-state index in [1.165, 1.54) is 0 Å². The number of thiocarbonyl (C=S) groups is 1.